The Bertz CT molecular complexity index is 541. The third-order valence-electron chi connectivity index (χ3n) is 3.29. The SMILES string of the molecule is O=C(Cc1ccncc1)C1Cc2ccccc2N1. The number of pyridine rings is 1. The number of ketones is 1. The molecule has 3 rings (SSSR count). The summed E-state index contributed by atoms with van der Waals surface area (Å²) in [5.74, 6) is 0.234. The van der Waals surface area contributed by atoms with Gasteiger partial charge >= 0.3 is 0 Å². The fourth-order valence-corrected chi connectivity index (χ4v) is 2.32. The maximum absolute atomic E-state index is 12.2. The van der Waals surface area contributed by atoms with Crippen LogP contribution >= 0.6 is 0 Å². The van der Waals surface area contributed by atoms with Gasteiger partial charge in [0.2, 0.25) is 0 Å². The normalized spacial score (nSPS) is 17.0. The summed E-state index contributed by atoms with van der Waals surface area (Å²) in [6.07, 6.45) is 4.70. The Morgan fingerprint density at radius 2 is 2.00 bits per heavy atom. The second-order valence-electron chi connectivity index (χ2n) is 4.56. The van der Waals surface area contributed by atoms with Crippen molar-refractivity contribution in [3.8, 4) is 0 Å². The van der Waals surface area contributed by atoms with Gasteiger partial charge in [-0.15, -0.1) is 0 Å². The smallest absolute Gasteiger partial charge is 0.159 e. The van der Waals surface area contributed by atoms with Crippen LogP contribution in [0.15, 0.2) is 48.8 Å². The minimum Gasteiger partial charge on any atom is -0.375 e. The van der Waals surface area contributed by atoms with E-state index in [-0.39, 0.29) is 11.8 Å². The zero-order chi connectivity index (χ0) is 12.4. The summed E-state index contributed by atoms with van der Waals surface area (Å²) in [4.78, 5) is 16.2. The van der Waals surface area contributed by atoms with Crippen LogP contribution in [-0.4, -0.2) is 16.8 Å². The van der Waals surface area contributed by atoms with E-state index in [0.717, 1.165) is 17.7 Å². The maximum atomic E-state index is 12.2. The number of hydrogen-bond donors (Lipinski definition) is 1. The van der Waals surface area contributed by atoms with Crippen molar-refractivity contribution in [3.05, 3.63) is 59.9 Å². The highest BCUT2D eigenvalue weighted by atomic mass is 16.1. The summed E-state index contributed by atoms with van der Waals surface area (Å²) in [5, 5.41) is 3.29. The fraction of sp³-hybridized carbons (Fsp3) is 0.200. The van der Waals surface area contributed by atoms with Gasteiger partial charge in [-0.05, 0) is 29.3 Å². The van der Waals surface area contributed by atoms with E-state index in [2.05, 4.69) is 16.4 Å². The Morgan fingerprint density at radius 3 is 2.78 bits per heavy atom. The molecule has 1 unspecified atom stereocenters. The van der Waals surface area contributed by atoms with E-state index in [4.69, 9.17) is 0 Å². The topological polar surface area (TPSA) is 42.0 Å². The first-order valence-corrected chi connectivity index (χ1v) is 6.09. The van der Waals surface area contributed by atoms with Crippen molar-refractivity contribution in [1.82, 2.24) is 4.98 Å². The molecule has 1 atom stereocenters. The lowest BCUT2D eigenvalue weighted by Crippen LogP contribution is -2.28. The van der Waals surface area contributed by atoms with Gasteiger partial charge < -0.3 is 5.32 Å². The molecule has 1 aliphatic heterocycles. The third-order valence-corrected chi connectivity index (χ3v) is 3.29. The van der Waals surface area contributed by atoms with Crippen LogP contribution in [0.1, 0.15) is 11.1 Å². The first-order valence-electron chi connectivity index (χ1n) is 6.09. The number of carbonyl (C=O) groups excluding carboxylic acids is 1. The van der Waals surface area contributed by atoms with Gasteiger partial charge in [-0.2, -0.15) is 0 Å². The number of nitrogens with one attached hydrogen (secondary N) is 1. The molecule has 0 saturated carbocycles. The van der Waals surface area contributed by atoms with Crippen LogP contribution in [0.2, 0.25) is 0 Å². The Balaban J connectivity index is 1.70. The third kappa shape index (κ3) is 2.12. The van der Waals surface area contributed by atoms with Crippen molar-refractivity contribution in [3.63, 3.8) is 0 Å². The molecule has 2 aromatic rings. The average Bonchev–Trinajstić information content (AvgIpc) is 2.84. The van der Waals surface area contributed by atoms with Gasteiger partial charge in [0.1, 0.15) is 0 Å². The second-order valence-corrected chi connectivity index (χ2v) is 4.56. The van der Waals surface area contributed by atoms with E-state index >= 15 is 0 Å². The molecule has 0 spiro atoms. The zero-order valence-electron chi connectivity index (χ0n) is 9.97. The number of aromatic nitrogens is 1. The molecule has 0 saturated heterocycles. The molecule has 0 bridgehead atoms. The molecule has 1 aromatic carbocycles. The van der Waals surface area contributed by atoms with E-state index in [0.29, 0.717) is 6.42 Å². The standard InChI is InChI=1S/C15H14N2O/c18-15(9-11-5-7-16-8-6-11)14-10-12-3-1-2-4-13(12)17-14/h1-8,14,17H,9-10H2. The minimum atomic E-state index is -0.0874. The van der Waals surface area contributed by atoms with Gasteiger partial charge in [0.05, 0.1) is 6.04 Å². The molecule has 1 aromatic heterocycles. The van der Waals surface area contributed by atoms with E-state index in [9.17, 15) is 4.79 Å². The summed E-state index contributed by atoms with van der Waals surface area (Å²) >= 11 is 0. The number of nitrogens with zero attached hydrogens (tertiary/aromatic N) is 1. The molecular weight excluding hydrogens is 224 g/mol. The molecule has 18 heavy (non-hydrogen) atoms. The highest BCUT2D eigenvalue weighted by Gasteiger charge is 2.25. The van der Waals surface area contributed by atoms with Gasteiger partial charge in [0.25, 0.3) is 0 Å². The lowest BCUT2D eigenvalue weighted by Gasteiger charge is -2.09. The van der Waals surface area contributed by atoms with E-state index in [1.807, 2.05) is 30.3 Å². The summed E-state index contributed by atoms with van der Waals surface area (Å²) in [7, 11) is 0. The fourth-order valence-electron chi connectivity index (χ4n) is 2.32. The lowest BCUT2D eigenvalue weighted by molar-refractivity contribution is -0.119. The van der Waals surface area contributed by atoms with E-state index in [1.165, 1.54) is 5.56 Å². The summed E-state index contributed by atoms with van der Waals surface area (Å²) < 4.78 is 0. The van der Waals surface area contributed by atoms with Crippen molar-refractivity contribution in [1.29, 1.82) is 0 Å². The number of anilines is 1. The second kappa shape index (κ2) is 4.61. The van der Waals surface area contributed by atoms with Crippen molar-refractivity contribution in [2.45, 2.75) is 18.9 Å². The zero-order valence-corrected chi connectivity index (χ0v) is 9.97. The molecule has 0 radical (unpaired) electrons. The Labute approximate surface area is 106 Å². The minimum absolute atomic E-state index is 0.0874. The van der Waals surface area contributed by atoms with Crippen molar-refractivity contribution < 1.29 is 4.79 Å². The van der Waals surface area contributed by atoms with Crippen molar-refractivity contribution in [2.75, 3.05) is 5.32 Å². The first-order chi connectivity index (χ1) is 8.83. The number of hydrogen-bond acceptors (Lipinski definition) is 3. The first kappa shape index (κ1) is 11.0. The number of fused-ring (bicyclic) bond motifs is 1. The summed E-state index contributed by atoms with van der Waals surface area (Å²) in [5.41, 5.74) is 3.34. The number of carbonyl (C=O) groups is 1. The highest BCUT2D eigenvalue weighted by Crippen LogP contribution is 2.25. The lowest BCUT2D eigenvalue weighted by atomic mass is 10.0. The van der Waals surface area contributed by atoms with Gasteiger partial charge in [-0.1, -0.05) is 18.2 Å². The van der Waals surface area contributed by atoms with Crippen LogP contribution in [0.25, 0.3) is 0 Å². The van der Waals surface area contributed by atoms with E-state index in [1.54, 1.807) is 12.4 Å². The molecule has 0 aliphatic carbocycles. The molecule has 3 heteroatoms. The molecule has 1 aliphatic rings. The average molecular weight is 238 g/mol. The Kier molecular flexibility index (Phi) is 2.81. The van der Waals surface area contributed by atoms with Crippen molar-refractivity contribution in [2.24, 2.45) is 0 Å². The Morgan fingerprint density at radius 1 is 1.22 bits per heavy atom. The molecule has 90 valence electrons. The van der Waals surface area contributed by atoms with E-state index < -0.39 is 0 Å². The predicted octanol–water partition coefficient (Wildman–Crippen LogP) is 2.23. The number of Topliss-reactive ketones (excluding diaryl/α,β-unsaturated/α-hetero) is 1. The van der Waals surface area contributed by atoms with Crippen LogP contribution in [0.3, 0.4) is 0 Å². The quantitative estimate of drug-likeness (QED) is 0.891. The number of para-hydroxylation sites is 1. The molecular formula is C15H14N2O. The van der Waals surface area contributed by atoms with Gasteiger partial charge in [-0.3, -0.25) is 9.78 Å². The number of benzene rings is 1. The maximum Gasteiger partial charge on any atom is 0.159 e. The molecule has 1 N–H and O–H groups in total. The predicted molar refractivity (Wildman–Crippen MR) is 70.5 cm³/mol. The van der Waals surface area contributed by atoms with Gasteiger partial charge in [-0.25, -0.2) is 0 Å². The van der Waals surface area contributed by atoms with Gasteiger partial charge in [0, 0.05) is 30.9 Å². The monoisotopic (exact) mass is 238 g/mol. The number of rotatable bonds is 3. The molecule has 3 nitrogen and oxygen atoms in total. The van der Waals surface area contributed by atoms with Crippen LogP contribution in [0.5, 0.6) is 0 Å². The van der Waals surface area contributed by atoms with Crippen molar-refractivity contribution >= 4 is 11.5 Å². The van der Waals surface area contributed by atoms with Crippen LogP contribution < -0.4 is 5.32 Å². The van der Waals surface area contributed by atoms with Gasteiger partial charge in [0.15, 0.2) is 5.78 Å². The molecule has 0 fully saturated rings. The molecule has 0 amide bonds. The summed E-state index contributed by atoms with van der Waals surface area (Å²) in [6, 6.07) is 11.8. The van der Waals surface area contributed by atoms with Crippen LogP contribution in [0, 0.1) is 0 Å². The largest absolute Gasteiger partial charge is 0.375 e. The van der Waals surface area contributed by atoms with Crippen LogP contribution in [-0.2, 0) is 17.6 Å². The molecule has 2 heterocycles. The highest BCUT2D eigenvalue weighted by molar-refractivity contribution is 5.90. The van der Waals surface area contributed by atoms with Crippen LogP contribution in [0.4, 0.5) is 5.69 Å². The summed E-state index contributed by atoms with van der Waals surface area (Å²) in [6.45, 7) is 0. The Hall–Kier alpha value is -2.16.